The van der Waals surface area contributed by atoms with Crippen LogP contribution in [0.2, 0.25) is 0 Å². The molecule has 1 fully saturated rings. The minimum Gasteiger partial charge on any atom is -0.397 e. The summed E-state index contributed by atoms with van der Waals surface area (Å²) in [5.41, 5.74) is 16.8. The van der Waals surface area contributed by atoms with Gasteiger partial charge in [0.15, 0.2) is 0 Å². The predicted octanol–water partition coefficient (Wildman–Crippen LogP) is 2.49. The number of rotatable bonds is 2. The quantitative estimate of drug-likeness (QED) is 0.831. The number of hydrogen-bond acceptors (Lipinski definition) is 4. The first kappa shape index (κ1) is 13.6. The van der Waals surface area contributed by atoms with E-state index in [0.29, 0.717) is 11.4 Å². The largest absolute Gasteiger partial charge is 0.397 e. The fraction of sp³-hybridized carbons (Fsp3) is 0.294. The molecule has 0 atom stereocenters. The predicted molar refractivity (Wildman–Crippen MR) is 90.9 cm³/mol. The van der Waals surface area contributed by atoms with Crippen LogP contribution < -0.4 is 21.3 Å². The molecule has 1 saturated heterocycles. The summed E-state index contributed by atoms with van der Waals surface area (Å²) < 4.78 is 0. The Bertz CT molecular complexity index is 630. The SMILES string of the molecule is Cc1cccc(N2CCN(c3ccc(N)c(N)c3)CC2)c1. The van der Waals surface area contributed by atoms with Gasteiger partial charge in [-0.1, -0.05) is 12.1 Å². The first-order valence-corrected chi connectivity index (χ1v) is 7.35. The summed E-state index contributed by atoms with van der Waals surface area (Å²) in [6.07, 6.45) is 0. The van der Waals surface area contributed by atoms with Crippen LogP contribution in [-0.2, 0) is 0 Å². The van der Waals surface area contributed by atoms with Crippen molar-refractivity contribution in [1.29, 1.82) is 0 Å². The van der Waals surface area contributed by atoms with Gasteiger partial charge in [0.05, 0.1) is 11.4 Å². The van der Waals surface area contributed by atoms with Gasteiger partial charge in [-0.25, -0.2) is 0 Å². The summed E-state index contributed by atoms with van der Waals surface area (Å²) >= 11 is 0. The van der Waals surface area contributed by atoms with Crippen molar-refractivity contribution in [2.24, 2.45) is 0 Å². The molecular formula is C17H22N4. The van der Waals surface area contributed by atoms with Gasteiger partial charge in [0.2, 0.25) is 0 Å². The molecule has 1 aliphatic rings. The smallest absolute Gasteiger partial charge is 0.0568 e. The Kier molecular flexibility index (Phi) is 3.60. The van der Waals surface area contributed by atoms with E-state index in [1.54, 1.807) is 0 Å². The number of aryl methyl sites for hydroxylation is 1. The van der Waals surface area contributed by atoms with E-state index in [2.05, 4.69) is 41.0 Å². The molecule has 4 heteroatoms. The van der Waals surface area contributed by atoms with Gasteiger partial charge in [0.25, 0.3) is 0 Å². The van der Waals surface area contributed by atoms with Crippen molar-refractivity contribution in [3.63, 3.8) is 0 Å². The third-order valence-corrected chi connectivity index (χ3v) is 4.08. The fourth-order valence-corrected chi connectivity index (χ4v) is 2.81. The van der Waals surface area contributed by atoms with E-state index in [4.69, 9.17) is 11.5 Å². The Morgan fingerprint density at radius 3 is 1.95 bits per heavy atom. The van der Waals surface area contributed by atoms with Crippen LogP contribution in [0, 0.1) is 6.92 Å². The second kappa shape index (κ2) is 5.56. The molecule has 0 radical (unpaired) electrons. The average Bonchev–Trinajstić information content (AvgIpc) is 2.50. The van der Waals surface area contributed by atoms with Gasteiger partial charge in [-0.05, 0) is 42.8 Å². The summed E-state index contributed by atoms with van der Waals surface area (Å²) in [6.45, 7) is 6.17. The van der Waals surface area contributed by atoms with Crippen molar-refractivity contribution >= 4 is 22.7 Å². The van der Waals surface area contributed by atoms with Crippen LogP contribution in [-0.4, -0.2) is 26.2 Å². The summed E-state index contributed by atoms with van der Waals surface area (Å²) in [5.74, 6) is 0. The highest BCUT2D eigenvalue weighted by Gasteiger charge is 2.17. The average molecular weight is 282 g/mol. The molecule has 0 saturated carbocycles. The zero-order chi connectivity index (χ0) is 14.8. The van der Waals surface area contributed by atoms with Gasteiger partial charge in [-0.2, -0.15) is 0 Å². The van der Waals surface area contributed by atoms with Crippen LogP contribution in [0.15, 0.2) is 42.5 Å². The van der Waals surface area contributed by atoms with Crippen LogP contribution in [0.3, 0.4) is 0 Å². The molecule has 2 aromatic rings. The van der Waals surface area contributed by atoms with Crippen molar-refractivity contribution in [1.82, 2.24) is 0 Å². The third-order valence-electron chi connectivity index (χ3n) is 4.08. The number of nitrogen functional groups attached to an aromatic ring is 2. The lowest BCUT2D eigenvalue weighted by Gasteiger charge is -2.37. The van der Waals surface area contributed by atoms with E-state index in [0.717, 1.165) is 31.9 Å². The lowest BCUT2D eigenvalue weighted by molar-refractivity contribution is 0.653. The lowest BCUT2D eigenvalue weighted by atomic mass is 10.1. The zero-order valence-electron chi connectivity index (χ0n) is 12.4. The molecule has 0 aromatic heterocycles. The standard InChI is InChI=1S/C17H22N4/c1-13-3-2-4-14(11-13)20-7-9-21(10-8-20)15-5-6-16(18)17(19)12-15/h2-6,11-12H,7-10,18-19H2,1H3. The van der Waals surface area contributed by atoms with Crippen LogP contribution in [0.5, 0.6) is 0 Å². The number of piperazine rings is 1. The van der Waals surface area contributed by atoms with Gasteiger partial charge in [0.1, 0.15) is 0 Å². The van der Waals surface area contributed by atoms with E-state index < -0.39 is 0 Å². The Labute approximate surface area is 126 Å². The highest BCUT2D eigenvalue weighted by atomic mass is 15.3. The number of nitrogens with two attached hydrogens (primary N) is 2. The Balaban J connectivity index is 1.68. The van der Waals surface area contributed by atoms with Crippen LogP contribution in [0.4, 0.5) is 22.7 Å². The first-order valence-electron chi connectivity index (χ1n) is 7.35. The maximum absolute atomic E-state index is 5.90. The van der Waals surface area contributed by atoms with E-state index >= 15 is 0 Å². The minimum atomic E-state index is 0.650. The van der Waals surface area contributed by atoms with E-state index in [1.807, 2.05) is 18.2 Å². The van der Waals surface area contributed by atoms with Crippen molar-refractivity contribution in [3.05, 3.63) is 48.0 Å². The van der Waals surface area contributed by atoms with E-state index in [1.165, 1.54) is 11.3 Å². The molecule has 0 spiro atoms. The molecule has 4 N–H and O–H groups in total. The van der Waals surface area contributed by atoms with Gasteiger partial charge in [-0.15, -0.1) is 0 Å². The van der Waals surface area contributed by atoms with Crippen LogP contribution in [0.25, 0.3) is 0 Å². The normalized spacial score (nSPS) is 15.3. The fourth-order valence-electron chi connectivity index (χ4n) is 2.81. The van der Waals surface area contributed by atoms with Gasteiger partial charge < -0.3 is 21.3 Å². The molecule has 2 aromatic carbocycles. The molecule has 0 bridgehead atoms. The highest BCUT2D eigenvalue weighted by Crippen LogP contribution is 2.25. The van der Waals surface area contributed by atoms with Crippen molar-refractivity contribution in [3.8, 4) is 0 Å². The molecule has 1 heterocycles. The molecular weight excluding hydrogens is 260 g/mol. The highest BCUT2D eigenvalue weighted by molar-refractivity contribution is 5.70. The summed E-state index contributed by atoms with van der Waals surface area (Å²) in [6, 6.07) is 14.6. The summed E-state index contributed by atoms with van der Waals surface area (Å²) in [5, 5.41) is 0. The van der Waals surface area contributed by atoms with Crippen molar-refractivity contribution in [2.45, 2.75) is 6.92 Å². The third kappa shape index (κ3) is 2.89. The molecule has 110 valence electrons. The topological polar surface area (TPSA) is 58.5 Å². The summed E-state index contributed by atoms with van der Waals surface area (Å²) in [7, 11) is 0. The van der Waals surface area contributed by atoms with Crippen molar-refractivity contribution < 1.29 is 0 Å². The molecule has 0 amide bonds. The monoisotopic (exact) mass is 282 g/mol. The number of nitrogens with zero attached hydrogens (tertiary/aromatic N) is 2. The Morgan fingerprint density at radius 2 is 1.38 bits per heavy atom. The maximum atomic E-state index is 5.90. The molecule has 21 heavy (non-hydrogen) atoms. The number of anilines is 4. The van der Waals surface area contributed by atoms with Gasteiger partial charge in [-0.3, -0.25) is 0 Å². The minimum absolute atomic E-state index is 0.650. The first-order chi connectivity index (χ1) is 10.1. The van der Waals surface area contributed by atoms with Crippen LogP contribution >= 0.6 is 0 Å². The number of benzene rings is 2. The van der Waals surface area contributed by atoms with Gasteiger partial charge >= 0.3 is 0 Å². The maximum Gasteiger partial charge on any atom is 0.0568 e. The second-order valence-corrected chi connectivity index (χ2v) is 5.63. The molecule has 4 nitrogen and oxygen atoms in total. The molecule has 1 aliphatic heterocycles. The lowest BCUT2D eigenvalue weighted by Crippen LogP contribution is -2.46. The van der Waals surface area contributed by atoms with E-state index in [-0.39, 0.29) is 0 Å². The molecule has 3 rings (SSSR count). The summed E-state index contributed by atoms with van der Waals surface area (Å²) in [4.78, 5) is 4.80. The van der Waals surface area contributed by atoms with Crippen molar-refractivity contribution in [2.75, 3.05) is 47.4 Å². The number of hydrogen-bond donors (Lipinski definition) is 2. The van der Waals surface area contributed by atoms with Gasteiger partial charge in [0, 0.05) is 37.6 Å². The molecule has 0 aliphatic carbocycles. The van der Waals surface area contributed by atoms with Crippen LogP contribution in [0.1, 0.15) is 5.56 Å². The Morgan fingerprint density at radius 1 is 0.762 bits per heavy atom. The Hall–Kier alpha value is -2.36. The zero-order valence-corrected chi connectivity index (χ0v) is 12.4. The van der Waals surface area contributed by atoms with E-state index in [9.17, 15) is 0 Å². The second-order valence-electron chi connectivity index (χ2n) is 5.63. The molecule has 0 unspecified atom stereocenters.